The molecule has 16 nitrogen and oxygen atoms in total. The third kappa shape index (κ3) is 7.37. The number of likely N-dealkylation sites (tertiary alicyclic amines) is 1. The zero-order valence-corrected chi connectivity index (χ0v) is 33.7. The number of imide groups is 2. The number of carbonyl (C=O) groups excluding carboxylic acids is 6. The molecular formula is C44H49N9O7. The molecule has 1 unspecified atom stereocenters. The summed E-state index contributed by atoms with van der Waals surface area (Å²) in [5.74, 6) is -0.496. The average Bonchev–Trinajstić information content (AvgIpc) is 3.77. The number of hydrogen-bond donors (Lipinski definition) is 3. The number of amides is 7. The van der Waals surface area contributed by atoms with Crippen LogP contribution in [0, 0.1) is 0 Å². The lowest BCUT2D eigenvalue weighted by Crippen LogP contribution is -2.54. The number of ether oxygens (including phenoxy) is 1. The van der Waals surface area contributed by atoms with Gasteiger partial charge in [0.25, 0.3) is 11.8 Å². The van der Waals surface area contributed by atoms with Crippen molar-refractivity contribution in [3.05, 3.63) is 76.9 Å². The highest BCUT2D eigenvalue weighted by molar-refractivity contribution is 6.25. The Morgan fingerprint density at radius 1 is 0.817 bits per heavy atom. The lowest BCUT2D eigenvalue weighted by molar-refractivity contribution is -0.136. The Bertz CT molecular complexity index is 2400. The van der Waals surface area contributed by atoms with Gasteiger partial charge in [-0.2, -0.15) is 0 Å². The smallest absolute Gasteiger partial charge is 0.317 e. The molecule has 1 atom stereocenters. The fourth-order valence-corrected chi connectivity index (χ4v) is 9.41. The van der Waals surface area contributed by atoms with E-state index >= 15 is 0 Å². The van der Waals surface area contributed by atoms with Crippen LogP contribution in [0.3, 0.4) is 0 Å². The van der Waals surface area contributed by atoms with Crippen molar-refractivity contribution in [2.75, 3.05) is 51.3 Å². The van der Waals surface area contributed by atoms with Gasteiger partial charge in [-0.1, -0.05) is 24.3 Å². The van der Waals surface area contributed by atoms with E-state index < -0.39 is 29.7 Å². The van der Waals surface area contributed by atoms with Crippen LogP contribution in [0.15, 0.2) is 48.5 Å². The summed E-state index contributed by atoms with van der Waals surface area (Å²) < 4.78 is 8.00. The number of anilines is 1. The van der Waals surface area contributed by atoms with Gasteiger partial charge in [-0.05, 0) is 62.8 Å². The lowest BCUT2D eigenvalue weighted by Gasteiger charge is -2.32. The normalized spacial score (nSPS) is 20.0. The summed E-state index contributed by atoms with van der Waals surface area (Å²) in [7, 11) is 0. The number of imidazole rings is 1. The number of urea groups is 1. The second-order valence-corrected chi connectivity index (χ2v) is 16.3. The SMILES string of the molecule is CC(=O)N1CCn2c(C3CCOCC3)nc(-c3cccc4nc(C5CCN(C(=O)NCCCNc6cccc7c6C(=O)N(C6CCC(=O)NC6=O)C7=O)CC5)ccc34)c2C1. The summed E-state index contributed by atoms with van der Waals surface area (Å²) in [5.41, 5.74) is 5.83. The highest BCUT2D eigenvalue weighted by Gasteiger charge is 2.45. The average molecular weight is 816 g/mol. The summed E-state index contributed by atoms with van der Waals surface area (Å²) in [5, 5.41) is 9.48. The number of rotatable bonds is 9. The van der Waals surface area contributed by atoms with Crippen molar-refractivity contribution in [3.63, 3.8) is 0 Å². The van der Waals surface area contributed by atoms with Crippen molar-refractivity contribution in [3.8, 4) is 11.3 Å². The first-order valence-corrected chi connectivity index (χ1v) is 21.1. The number of hydrogen-bond acceptors (Lipinski definition) is 10. The summed E-state index contributed by atoms with van der Waals surface area (Å²) in [6, 6.07) is 14.2. The fourth-order valence-electron chi connectivity index (χ4n) is 9.41. The van der Waals surface area contributed by atoms with Gasteiger partial charge in [0.2, 0.25) is 17.7 Å². The number of aromatic nitrogens is 3. The molecule has 7 heterocycles. The van der Waals surface area contributed by atoms with Gasteiger partial charge in [0, 0.05) is 100.0 Å². The molecule has 312 valence electrons. The van der Waals surface area contributed by atoms with Gasteiger partial charge >= 0.3 is 6.03 Å². The Kier molecular flexibility index (Phi) is 10.8. The molecule has 5 aliphatic heterocycles. The summed E-state index contributed by atoms with van der Waals surface area (Å²) >= 11 is 0. The number of piperidine rings is 2. The van der Waals surface area contributed by atoms with Crippen LogP contribution in [0.4, 0.5) is 10.5 Å². The number of carbonyl (C=O) groups is 6. The third-order valence-electron chi connectivity index (χ3n) is 12.7. The molecule has 2 aromatic carbocycles. The Balaban J connectivity index is 0.794. The van der Waals surface area contributed by atoms with Crippen molar-refractivity contribution in [1.29, 1.82) is 0 Å². The Morgan fingerprint density at radius 2 is 1.60 bits per heavy atom. The Hall–Kier alpha value is -6.16. The number of fused-ring (bicyclic) bond motifs is 3. The third-order valence-corrected chi connectivity index (χ3v) is 12.7. The zero-order valence-electron chi connectivity index (χ0n) is 33.7. The number of nitrogens with zero attached hydrogens (tertiary/aromatic N) is 6. The summed E-state index contributed by atoms with van der Waals surface area (Å²) in [4.78, 5) is 91.4. The molecule has 5 aliphatic rings. The minimum Gasteiger partial charge on any atom is -0.384 e. The quantitative estimate of drug-likeness (QED) is 0.164. The molecular weight excluding hydrogens is 767 g/mol. The lowest BCUT2D eigenvalue weighted by atomic mass is 9.92. The minimum absolute atomic E-state index is 0.0554. The van der Waals surface area contributed by atoms with E-state index in [2.05, 4.69) is 38.7 Å². The molecule has 3 fully saturated rings. The predicted octanol–water partition coefficient (Wildman–Crippen LogP) is 4.15. The largest absolute Gasteiger partial charge is 0.384 e. The van der Waals surface area contributed by atoms with E-state index in [9.17, 15) is 28.8 Å². The highest BCUT2D eigenvalue weighted by Crippen LogP contribution is 2.38. The van der Waals surface area contributed by atoms with Gasteiger partial charge in [-0.15, -0.1) is 0 Å². The maximum Gasteiger partial charge on any atom is 0.317 e. The van der Waals surface area contributed by atoms with Gasteiger partial charge in [0.1, 0.15) is 11.9 Å². The molecule has 9 rings (SSSR count). The second-order valence-electron chi connectivity index (χ2n) is 16.3. The van der Waals surface area contributed by atoms with Gasteiger partial charge in [-0.25, -0.2) is 9.78 Å². The van der Waals surface area contributed by atoms with Gasteiger partial charge in [0.05, 0.1) is 34.6 Å². The van der Waals surface area contributed by atoms with Gasteiger partial charge in [0.15, 0.2) is 0 Å². The maximum absolute atomic E-state index is 13.4. The first-order valence-electron chi connectivity index (χ1n) is 21.1. The van der Waals surface area contributed by atoms with Crippen LogP contribution < -0.4 is 16.0 Å². The van der Waals surface area contributed by atoms with Crippen LogP contribution >= 0.6 is 0 Å². The molecule has 0 saturated carbocycles. The first-order chi connectivity index (χ1) is 29.2. The summed E-state index contributed by atoms with van der Waals surface area (Å²) in [6.07, 6.45) is 4.17. The Morgan fingerprint density at radius 3 is 2.38 bits per heavy atom. The predicted molar refractivity (Wildman–Crippen MR) is 220 cm³/mol. The molecule has 2 aromatic heterocycles. The summed E-state index contributed by atoms with van der Waals surface area (Å²) in [6.45, 7) is 7.08. The molecule has 0 spiro atoms. The van der Waals surface area contributed by atoms with E-state index in [1.54, 1.807) is 25.1 Å². The molecule has 3 N–H and O–H groups in total. The standard InChI is InChI=1S/C44H49N9O7/c1-26(54)51-21-22-52-36(25-51)39(49-40(52)28-15-23-60-24-16-28)30-5-2-7-33-29(30)9-10-32(47-33)27-13-19-50(20-14-27)44(59)46-18-4-17-45-34-8-3-6-31-38(34)43(58)53(42(31)57)35-11-12-37(55)48-41(35)56/h2-3,5-10,27-28,35,45H,4,11-25H2,1H3,(H,46,59)(H,48,55,56). The fraction of sp³-hybridized carbons (Fsp3) is 0.455. The van der Waals surface area contributed by atoms with Gasteiger partial charge < -0.3 is 29.7 Å². The van der Waals surface area contributed by atoms with Crippen molar-refractivity contribution in [1.82, 2.24) is 39.9 Å². The van der Waals surface area contributed by atoms with E-state index in [0.29, 0.717) is 57.3 Å². The van der Waals surface area contributed by atoms with E-state index in [1.165, 1.54) is 0 Å². The van der Waals surface area contributed by atoms with Crippen molar-refractivity contribution >= 4 is 52.2 Å². The molecule has 4 aromatic rings. The van der Waals surface area contributed by atoms with Crippen LogP contribution in [0.25, 0.3) is 22.2 Å². The molecule has 7 amide bonds. The zero-order chi connectivity index (χ0) is 41.5. The van der Waals surface area contributed by atoms with Crippen LogP contribution in [-0.2, 0) is 32.2 Å². The Labute approximate surface area is 347 Å². The minimum atomic E-state index is -1.03. The van der Waals surface area contributed by atoms with Gasteiger partial charge in [-0.3, -0.25) is 39.2 Å². The van der Waals surface area contributed by atoms with Crippen LogP contribution in [0.2, 0.25) is 0 Å². The van der Waals surface area contributed by atoms with E-state index in [4.69, 9.17) is 14.7 Å². The molecule has 60 heavy (non-hydrogen) atoms. The van der Waals surface area contributed by atoms with E-state index in [0.717, 1.165) is 89.7 Å². The number of pyridine rings is 1. The van der Waals surface area contributed by atoms with Crippen LogP contribution in [-0.4, -0.2) is 117 Å². The number of benzene rings is 2. The first kappa shape index (κ1) is 39.3. The number of nitrogens with one attached hydrogen (secondary N) is 3. The van der Waals surface area contributed by atoms with Crippen LogP contribution in [0.1, 0.15) is 102 Å². The molecule has 0 aliphatic carbocycles. The highest BCUT2D eigenvalue weighted by atomic mass is 16.5. The van der Waals surface area contributed by atoms with Crippen molar-refractivity contribution in [2.45, 2.75) is 82.8 Å². The maximum atomic E-state index is 13.4. The van der Waals surface area contributed by atoms with Crippen LogP contribution in [0.5, 0.6) is 0 Å². The topological polar surface area (TPSA) is 188 Å². The molecule has 0 radical (unpaired) electrons. The molecule has 0 bridgehead atoms. The molecule has 16 heteroatoms. The van der Waals surface area contributed by atoms with Crippen molar-refractivity contribution < 1.29 is 33.5 Å². The van der Waals surface area contributed by atoms with Crippen molar-refractivity contribution in [2.24, 2.45) is 0 Å². The molecule has 3 saturated heterocycles. The van der Waals surface area contributed by atoms with E-state index in [1.807, 2.05) is 21.9 Å². The van der Waals surface area contributed by atoms with E-state index in [-0.39, 0.29) is 41.8 Å². The monoisotopic (exact) mass is 815 g/mol. The second kappa shape index (κ2) is 16.5.